The lowest BCUT2D eigenvalue weighted by Crippen LogP contribution is -2.46. The zero-order valence-corrected chi connectivity index (χ0v) is 15.4. The van der Waals surface area contributed by atoms with Crippen LogP contribution in [0.4, 0.5) is 0 Å². The predicted octanol–water partition coefficient (Wildman–Crippen LogP) is 2.40. The summed E-state index contributed by atoms with van der Waals surface area (Å²) in [6.07, 6.45) is 3.94. The van der Waals surface area contributed by atoms with Gasteiger partial charge in [0.15, 0.2) is 0 Å². The second-order valence-electron chi connectivity index (χ2n) is 7.13. The Morgan fingerprint density at radius 1 is 1.31 bits per heavy atom. The molecule has 1 heterocycles. The standard InChI is InChI=1S/C20H27N3O3/c1-3-5-15-12-19(25)23(22-15)16-8-6-13(7-9-16)20(26)21-18(4-2)14-10-17(24)11-14/h6-9,12,14,17-18,22,24H,3-5,10-11H2,1-2H3,(H,21,26). The summed E-state index contributed by atoms with van der Waals surface area (Å²) in [6, 6.07) is 8.73. The molecule has 3 rings (SSSR count). The third-order valence-corrected chi connectivity index (χ3v) is 5.16. The van der Waals surface area contributed by atoms with Crippen molar-refractivity contribution in [2.45, 2.75) is 58.1 Å². The number of aryl methyl sites for hydroxylation is 1. The molecule has 6 heteroatoms. The summed E-state index contributed by atoms with van der Waals surface area (Å²) in [6.45, 7) is 4.11. The van der Waals surface area contributed by atoms with E-state index in [0.717, 1.165) is 37.8 Å². The molecule has 1 atom stereocenters. The highest BCUT2D eigenvalue weighted by Gasteiger charge is 2.33. The lowest BCUT2D eigenvalue weighted by molar-refractivity contribution is 0.0232. The van der Waals surface area contributed by atoms with Crippen molar-refractivity contribution >= 4 is 5.91 Å². The second kappa shape index (κ2) is 7.91. The van der Waals surface area contributed by atoms with Crippen LogP contribution in [-0.4, -0.2) is 32.9 Å². The molecule has 1 aromatic heterocycles. The highest BCUT2D eigenvalue weighted by molar-refractivity contribution is 5.94. The van der Waals surface area contributed by atoms with Crippen LogP contribution in [-0.2, 0) is 6.42 Å². The number of aliphatic hydroxyl groups excluding tert-OH is 1. The van der Waals surface area contributed by atoms with Crippen LogP contribution in [0, 0.1) is 5.92 Å². The number of amides is 1. The van der Waals surface area contributed by atoms with Crippen molar-refractivity contribution in [2.75, 3.05) is 0 Å². The van der Waals surface area contributed by atoms with Gasteiger partial charge in [0, 0.05) is 23.4 Å². The van der Waals surface area contributed by atoms with Crippen molar-refractivity contribution < 1.29 is 9.90 Å². The van der Waals surface area contributed by atoms with E-state index in [2.05, 4.69) is 17.3 Å². The maximum absolute atomic E-state index is 12.5. The number of H-pyrrole nitrogens is 1. The van der Waals surface area contributed by atoms with Gasteiger partial charge in [-0.15, -0.1) is 0 Å². The Morgan fingerprint density at radius 3 is 2.58 bits per heavy atom. The number of hydrogen-bond acceptors (Lipinski definition) is 3. The maximum atomic E-state index is 12.5. The Labute approximate surface area is 153 Å². The summed E-state index contributed by atoms with van der Waals surface area (Å²) in [4.78, 5) is 24.6. The van der Waals surface area contributed by atoms with Gasteiger partial charge >= 0.3 is 0 Å². The van der Waals surface area contributed by atoms with Gasteiger partial charge in [-0.05, 0) is 55.9 Å². The molecule has 0 bridgehead atoms. The largest absolute Gasteiger partial charge is 0.393 e. The van der Waals surface area contributed by atoms with Crippen molar-refractivity contribution in [3.8, 4) is 5.69 Å². The smallest absolute Gasteiger partial charge is 0.271 e. The average molecular weight is 357 g/mol. The van der Waals surface area contributed by atoms with E-state index < -0.39 is 0 Å². The Bertz CT molecular complexity index is 800. The van der Waals surface area contributed by atoms with E-state index in [1.54, 1.807) is 30.3 Å². The minimum Gasteiger partial charge on any atom is -0.393 e. The van der Waals surface area contributed by atoms with Crippen LogP contribution in [0.25, 0.3) is 5.69 Å². The number of aromatic amines is 1. The molecule has 1 aliphatic carbocycles. The number of aromatic nitrogens is 2. The van der Waals surface area contributed by atoms with Crippen molar-refractivity contribution in [1.82, 2.24) is 15.1 Å². The molecule has 1 aromatic carbocycles. The van der Waals surface area contributed by atoms with E-state index in [1.807, 2.05) is 6.92 Å². The molecular weight excluding hydrogens is 330 g/mol. The maximum Gasteiger partial charge on any atom is 0.271 e. The molecule has 1 saturated carbocycles. The van der Waals surface area contributed by atoms with Gasteiger partial charge in [0.2, 0.25) is 0 Å². The van der Waals surface area contributed by atoms with Crippen LogP contribution in [0.5, 0.6) is 0 Å². The molecule has 26 heavy (non-hydrogen) atoms. The summed E-state index contributed by atoms with van der Waals surface area (Å²) in [5.74, 6) is 0.239. The first-order valence-corrected chi connectivity index (χ1v) is 9.42. The van der Waals surface area contributed by atoms with Crippen molar-refractivity contribution in [3.63, 3.8) is 0 Å². The minimum atomic E-state index is -0.220. The highest BCUT2D eigenvalue weighted by atomic mass is 16.3. The van der Waals surface area contributed by atoms with Gasteiger partial charge in [-0.25, -0.2) is 4.68 Å². The van der Waals surface area contributed by atoms with E-state index in [0.29, 0.717) is 17.2 Å². The lowest BCUT2D eigenvalue weighted by atomic mass is 9.76. The van der Waals surface area contributed by atoms with Gasteiger partial charge in [-0.1, -0.05) is 20.3 Å². The first-order chi connectivity index (χ1) is 12.5. The number of nitrogens with one attached hydrogen (secondary N) is 2. The first kappa shape index (κ1) is 18.5. The van der Waals surface area contributed by atoms with Gasteiger partial charge in [-0.2, -0.15) is 0 Å². The van der Waals surface area contributed by atoms with E-state index in [-0.39, 0.29) is 23.6 Å². The molecular formula is C20H27N3O3. The van der Waals surface area contributed by atoms with Crippen LogP contribution >= 0.6 is 0 Å². The summed E-state index contributed by atoms with van der Waals surface area (Å²) in [7, 11) is 0. The Morgan fingerprint density at radius 2 is 2.00 bits per heavy atom. The zero-order valence-electron chi connectivity index (χ0n) is 15.4. The van der Waals surface area contributed by atoms with Gasteiger partial charge in [0.05, 0.1) is 11.8 Å². The minimum absolute atomic E-state index is 0.0909. The number of benzene rings is 1. The first-order valence-electron chi connectivity index (χ1n) is 9.42. The van der Waals surface area contributed by atoms with E-state index in [9.17, 15) is 14.7 Å². The Hall–Kier alpha value is -2.34. The van der Waals surface area contributed by atoms with Crippen LogP contribution in [0.3, 0.4) is 0 Å². The molecule has 1 fully saturated rings. The predicted molar refractivity (Wildman–Crippen MR) is 101 cm³/mol. The molecule has 0 spiro atoms. The van der Waals surface area contributed by atoms with Crippen molar-refractivity contribution in [2.24, 2.45) is 5.92 Å². The summed E-state index contributed by atoms with van der Waals surface area (Å²) in [5.41, 5.74) is 2.09. The summed E-state index contributed by atoms with van der Waals surface area (Å²) >= 11 is 0. The summed E-state index contributed by atoms with van der Waals surface area (Å²) in [5, 5.41) is 15.6. The number of carbonyl (C=O) groups excluding carboxylic acids is 1. The molecule has 1 aliphatic rings. The fraction of sp³-hybridized carbons (Fsp3) is 0.500. The highest BCUT2D eigenvalue weighted by Crippen LogP contribution is 2.31. The fourth-order valence-electron chi connectivity index (χ4n) is 3.56. The average Bonchev–Trinajstić information content (AvgIpc) is 2.98. The van der Waals surface area contributed by atoms with Crippen molar-refractivity contribution in [1.29, 1.82) is 0 Å². The van der Waals surface area contributed by atoms with Gasteiger partial charge < -0.3 is 10.4 Å². The Balaban J connectivity index is 1.69. The SMILES string of the molecule is CCCc1cc(=O)n(-c2ccc(C(=O)NC(CC)C3CC(O)C3)cc2)[nH]1. The molecule has 3 N–H and O–H groups in total. The van der Waals surface area contributed by atoms with E-state index in [4.69, 9.17) is 0 Å². The van der Waals surface area contributed by atoms with E-state index >= 15 is 0 Å². The third-order valence-electron chi connectivity index (χ3n) is 5.16. The van der Waals surface area contributed by atoms with Crippen LogP contribution in [0.1, 0.15) is 55.6 Å². The molecule has 1 unspecified atom stereocenters. The lowest BCUT2D eigenvalue weighted by Gasteiger charge is -2.37. The van der Waals surface area contributed by atoms with Crippen LogP contribution in [0.2, 0.25) is 0 Å². The van der Waals surface area contributed by atoms with Crippen molar-refractivity contribution in [3.05, 3.63) is 51.9 Å². The molecule has 2 aromatic rings. The number of aliphatic hydroxyl groups is 1. The molecule has 1 amide bonds. The second-order valence-corrected chi connectivity index (χ2v) is 7.13. The topological polar surface area (TPSA) is 87.1 Å². The van der Waals surface area contributed by atoms with E-state index in [1.165, 1.54) is 4.68 Å². The number of hydrogen-bond donors (Lipinski definition) is 3. The quantitative estimate of drug-likeness (QED) is 0.711. The number of nitrogens with zero attached hydrogens (tertiary/aromatic N) is 1. The molecule has 0 aliphatic heterocycles. The summed E-state index contributed by atoms with van der Waals surface area (Å²) < 4.78 is 1.50. The van der Waals surface area contributed by atoms with Gasteiger partial charge in [0.1, 0.15) is 0 Å². The monoisotopic (exact) mass is 357 g/mol. The molecule has 0 saturated heterocycles. The number of rotatable bonds is 7. The molecule has 0 radical (unpaired) electrons. The third kappa shape index (κ3) is 3.90. The van der Waals surface area contributed by atoms with Crippen LogP contribution < -0.4 is 10.9 Å². The Kier molecular flexibility index (Phi) is 5.61. The molecule has 6 nitrogen and oxygen atoms in total. The molecule has 140 valence electrons. The number of carbonyl (C=O) groups is 1. The van der Waals surface area contributed by atoms with Gasteiger partial charge in [0.25, 0.3) is 11.5 Å². The fourth-order valence-corrected chi connectivity index (χ4v) is 3.56. The zero-order chi connectivity index (χ0) is 18.7. The van der Waals surface area contributed by atoms with Crippen LogP contribution in [0.15, 0.2) is 35.1 Å². The normalized spacial score (nSPS) is 20.4. The van der Waals surface area contributed by atoms with Gasteiger partial charge in [-0.3, -0.25) is 14.7 Å².